The number of aromatic nitrogens is 1. The number of ether oxygens (including phenoxy) is 1. The highest BCUT2D eigenvalue weighted by molar-refractivity contribution is 6.00. The van der Waals surface area contributed by atoms with Crippen LogP contribution in [-0.4, -0.2) is 24.2 Å². The molecule has 0 aliphatic rings. The molecule has 3 rings (SSSR count). The zero-order chi connectivity index (χ0) is 16.9. The van der Waals surface area contributed by atoms with Crippen LogP contribution >= 0.6 is 0 Å². The van der Waals surface area contributed by atoms with Gasteiger partial charge in [0.25, 0.3) is 0 Å². The number of carbonyl (C=O) groups is 1. The minimum Gasteiger partial charge on any atom is -0.465 e. The smallest absolute Gasteiger partial charge is 0.337 e. The van der Waals surface area contributed by atoms with Crippen LogP contribution in [0.25, 0.3) is 22.0 Å². The van der Waals surface area contributed by atoms with E-state index in [2.05, 4.69) is 22.9 Å². The number of methoxy groups -OCH3 is 1. The van der Waals surface area contributed by atoms with Crippen LogP contribution in [0.3, 0.4) is 0 Å². The van der Waals surface area contributed by atoms with Crippen molar-refractivity contribution in [1.82, 2.24) is 4.57 Å². The zero-order valence-corrected chi connectivity index (χ0v) is 13.9. The summed E-state index contributed by atoms with van der Waals surface area (Å²) in [4.78, 5) is 11.9. The first-order valence-electron chi connectivity index (χ1n) is 8.21. The van der Waals surface area contributed by atoms with E-state index in [0.717, 1.165) is 30.3 Å². The van der Waals surface area contributed by atoms with Gasteiger partial charge < -0.3 is 15.0 Å². The third-order valence-corrected chi connectivity index (χ3v) is 4.24. The molecule has 1 aromatic heterocycles. The molecule has 3 aromatic rings. The van der Waals surface area contributed by atoms with Crippen LogP contribution in [0.1, 0.15) is 23.2 Å². The third-order valence-electron chi connectivity index (χ3n) is 4.24. The van der Waals surface area contributed by atoms with Gasteiger partial charge >= 0.3 is 5.97 Å². The van der Waals surface area contributed by atoms with Crippen LogP contribution in [0, 0.1) is 0 Å². The molecule has 0 fully saturated rings. The van der Waals surface area contributed by atoms with Gasteiger partial charge in [0.05, 0.1) is 12.7 Å². The standard InChI is InChI=1S/C20H22N2O2/c1-24-20(23)16-9-10-17-18(15-7-3-2-4-8-15)14-22(19(17)13-16)12-6-5-11-21/h2-4,7-10,13-14H,5-6,11-12,21H2,1H3. The molecule has 1 heterocycles. The summed E-state index contributed by atoms with van der Waals surface area (Å²) >= 11 is 0. The topological polar surface area (TPSA) is 57.2 Å². The Balaban J connectivity index is 2.10. The second-order valence-electron chi connectivity index (χ2n) is 5.82. The maximum absolute atomic E-state index is 11.9. The average molecular weight is 322 g/mol. The highest BCUT2D eigenvalue weighted by atomic mass is 16.5. The summed E-state index contributed by atoms with van der Waals surface area (Å²) in [5.41, 5.74) is 9.58. The highest BCUT2D eigenvalue weighted by Gasteiger charge is 2.13. The lowest BCUT2D eigenvalue weighted by atomic mass is 10.0. The summed E-state index contributed by atoms with van der Waals surface area (Å²) in [5.74, 6) is -0.312. The Morgan fingerprint density at radius 3 is 2.62 bits per heavy atom. The molecule has 0 unspecified atom stereocenters. The van der Waals surface area contributed by atoms with Gasteiger partial charge in [0.2, 0.25) is 0 Å². The number of aryl methyl sites for hydroxylation is 1. The number of hydrogen-bond acceptors (Lipinski definition) is 3. The summed E-state index contributed by atoms with van der Waals surface area (Å²) in [6.45, 7) is 1.57. The summed E-state index contributed by atoms with van der Waals surface area (Å²) in [5, 5.41) is 1.14. The quantitative estimate of drug-likeness (QED) is 0.554. The lowest BCUT2D eigenvalue weighted by Gasteiger charge is -2.06. The number of unbranched alkanes of at least 4 members (excludes halogenated alkanes) is 1. The number of fused-ring (bicyclic) bond motifs is 1. The number of nitrogens with zero attached hydrogens (tertiary/aromatic N) is 1. The van der Waals surface area contributed by atoms with E-state index in [1.807, 2.05) is 36.4 Å². The molecule has 2 N–H and O–H groups in total. The van der Waals surface area contributed by atoms with Crippen LogP contribution in [0.5, 0.6) is 0 Å². The van der Waals surface area contributed by atoms with Gasteiger partial charge in [-0.25, -0.2) is 4.79 Å². The van der Waals surface area contributed by atoms with Crippen LogP contribution in [0.4, 0.5) is 0 Å². The molecule has 4 nitrogen and oxygen atoms in total. The first kappa shape index (κ1) is 16.3. The molecule has 0 aliphatic carbocycles. The average Bonchev–Trinajstić information content (AvgIpc) is 3.00. The number of esters is 1. The van der Waals surface area contributed by atoms with Gasteiger partial charge in [-0.3, -0.25) is 0 Å². The SMILES string of the molecule is COC(=O)c1ccc2c(-c3ccccc3)cn(CCCCN)c2c1. The summed E-state index contributed by atoms with van der Waals surface area (Å²) in [7, 11) is 1.40. The van der Waals surface area contributed by atoms with E-state index < -0.39 is 0 Å². The molecule has 0 bridgehead atoms. The molecule has 24 heavy (non-hydrogen) atoms. The number of carbonyl (C=O) groups excluding carboxylic acids is 1. The van der Waals surface area contributed by atoms with Gasteiger partial charge in [0, 0.05) is 29.2 Å². The normalized spacial score (nSPS) is 10.9. The molecule has 0 atom stereocenters. The van der Waals surface area contributed by atoms with Gasteiger partial charge in [0.1, 0.15) is 0 Å². The minimum atomic E-state index is -0.312. The molecule has 0 aliphatic heterocycles. The van der Waals surface area contributed by atoms with E-state index in [0.29, 0.717) is 12.1 Å². The Hall–Kier alpha value is -2.59. The second-order valence-corrected chi connectivity index (χ2v) is 5.82. The van der Waals surface area contributed by atoms with Gasteiger partial charge in [-0.1, -0.05) is 36.4 Å². The summed E-state index contributed by atoms with van der Waals surface area (Å²) < 4.78 is 7.06. The van der Waals surface area contributed by atoms with Gasteiger partial charge in [-0.15, -0.1) is 0 Å². The molecule has 4 heteroatoms. The fourth-order valence-corrected chi connectivity index (χ4v) is 3.00. The van der Waals surface area contributed by atoms with E-state index >= 15 is 0 Å². The fraction of sp³-hybridized carbons (Fsp3) is 0.250. The van der Waals surface area contributed by atoms with Crippen molar-refractivity contribution in [1.29, 1.82) is 0 Å². The highest BCUT2D eigenvalue weighted by Crippen LogP contribution is 2.31. The number of hydrogen-bond donors (Lipinski definition) is 1. The molecular formula is C20H22N2O2. The Labute approximate surface area is 141 Å². The first-order valence-corrected chi connectivity index (χ1v) is 8.21. The molecule has 0 spiro atoms. The van der Waals surface area contributed by atoms with Crippen LogP contribution in [-0.2, 0) is 11.3 Å². The maximum atomic E-state index is 11.9. The van der Waals surface area contributed by atoms with Crippen molar-refractivity contribution in [2.45, 2.75) is 19.4 Å². The summed E-state index contributed by atoms with van der Waals surface area (Å²) in [6, 6.07) is 16.0. The van der Waals surface area contributed by atoms with Crippen LogP contribution in [0.2, 0.25) is 0 Å². The Morgan fingerprint density at radius 2 is 1.92 bits per heavy atom. The van der Waals surface area contributed by atoms with Crippen LogP contribution in [0.15, 0.2) is 54.7 Å². The predicted molar refractivity (Wildman–Crippen MR) is 97.0 cm³/mol. The largest absolute Gasteiger partial charge is 0.465 e. The van der Waals surface area contributed by atoms with Crippen molar-refractivity contribution in [3.05, 3.63) is 60.3 Å². The molecule has 0 amide bonds. The lowest BCUT2D eigenvalue weighted by molar-refractivity contribution is 0.0601. The number of benzene rings is 2. The first-order chi connectivity index (χ1) is 11.7. The van der Waals surface area contributed by atoms with Crippen molar-refractivity contribution in [2.24, 2.45) is 5.73 Å². The second kappa shape index (κ2) is 7.32. The number of nitrogens with two attached hydrogens (primary N) is 1. The minimum absolute atomic E-state index is 0.312. The van der Waals surface area contributed by atoms with Gasteiger partial charge in [0.15, 0.2) is 0 Å². The Morgan fingerprint density at radius 1 is 1.12 bits per heavy atom. The van der Waals surface area contributed by atoms with Gasteiger partial charge in [-0.2, -0.15) is 0 Å². The maximum Gasteiger partial charge on any atom is 0.337 e. The van der Waals surface area contributed by atoms with Crippen molar-refractivity contribution >= 4 is 16.9 Å². The Kier molecular flexibility index (Phi) is 4.96. The third kappa shape index (κ3) is 3.19. The fourth-order valence-electron chi connectivity index (χ4n) is 3.00. The zero-order valence-electron chi connectivity index (χ0n) is 13.9. The van der Waals surface area contributed by atoms with Crippen molar-refractivity contribution in [3.63, 3.8) is 0 Å². The monoisotopic (exact) mass is 322 g/mol. The van der Waals surface area contributed by atoms with Crippen LogP contribution < -0.4 is 5.73 Å². The lowest BCUT2D eigenvalue weighted by Crippen LogP contribution is -2.04. The van der Waals surface area contributed by atoms with Crippen molar-refractivity contribution in [3.8, 4) is 11.1 Å². The van der Waals surface area contributed by atoms with E-state index in [9.17, 15) is 4.79 Å². The predicted octanol–water partition coefficient (Wildman–Crippen LogP) is 3.83. The van der Waals surface area contributed by atoms with E-state index in [-0.39, 0.29) is 5.97 Å². The van der Waals surface area contributed by atoms with Crippen molar-refractivity contribution < 1.29 is 9.53 Å². The molecule has 0 radical (unpaired) electrons. The molecular weight excluding hydrogens is 300 g/mol. The summed E-state index contributed by atoms with van der Waals surface area (Å²) in [6.07, 6.45) is 4.16. The van der Waals surface area contributed by atoms with E-state index in [1.54, 1.807) is 0 Å². The van der Waals surface area contributed by atoms with E-state index in [4.69, 9.17) is 10.5 Å². The molecule has 124 valence electrons. The molecule has 0 saturated heterocycles. The molecule has 0 saturated carbocycles. The van der Waals surface area contributed by atoms with Gasteiger partial charge in [-0.05, 0) is 37.1 Å². The Bertz CT molecular complexity index is 837. The van der Waals surface area contributed by atoms with E-state index in [1.165, 1.54) is 18.2 Å². The van der Waals surface area contributed by atoms with Crippen molar-refractivity contribution in [2.75, 3.05) is 13.7 Å². The number of rotatable bonds is 6. The molecule has 2 aromatic carbocycles.